The van der Waals surface area contributed by atoms with Crippen LogP contribution in [0.2, 0.25) is 0 Å². The summed E-state index contributed by atoms with van der Waals surface area (Å²) in [7, 11) is 3.51. The molecule has 1 unspecified atom stereocenters. The molecule has 2 N–H and O–H groups in total. The minimum absolute atomic E-state index is 0.0478. The summed E-state index contributed by atoms with van der Waals surface area (Å²) >= 11 is 0. The first kappa shape index (κ1) is 17.8. The number of amides is 1. The first-order valence-corrected chi connectivity index (χ1v) is 8.33. The van der Waals surface area contributed by atoms with E-state index in [0.29, 0.717) is 13.2 Å². The predicted octanol–water partition coefficient (Wildman–Crippen LogP) is 1.84. The number of likely N-dealkylation sites (N-methyl/N-ethyl adjacent to an activating group) is 1. The Morgan fingerprint density at radius 3 is 2.61 bits per heavy atom. The fraction of sp³-hybridized carbons (Fsp3) is 0.611. The molecule has 0 spiro atoms. The van der Waals surface area contributed by atoms with E-state index < -0.39 is 6.04 Å². The van der Waals surface area contributed by atoms with Gasteiger partial charge < -0.3 is 20.1 Å². The summed E-state index contributed by atoms with van der Waals surface area (Å²) in [6, 6.07) is 7.66. The molecule has 1 aliphatic heterocycles. The van der Waals surface area contributed by atoms with Gasteiger partial charge in [-0.05, 0) is 49.3 Å². The molecule has 1 aromatic rings. The zero-order chi connectivity index (χ0) is 16.7. The highest BCUT2D eigenvalue weighted by molar-refractivity contribution is 5.81. The monoisotopic (exact) mass is 320 g/mol. The van der Waals surface area contributed by atoms with Gasteiger partial charge in [-0.2, -0.15) is 0 Å². The number of hydrogen-bond acceptors (Lipinski definition) is 4. The molecule has 1 atom stereocenters. The van der Waals surface area contributed by atoms with Crippen LogP contribution in [0, 0.1) is 5.92 Å². The third-order valence-corrected chi connectivity index (χ3v) is 4.55. The summed E-state index contributed by atoms with van der Waals surface area (Å²) in [5, 5.41) is 0. The number of ether oxygens (including phenoxy) is 2. The van der Waals surface area contributed by atoms with Gasteiger partial charge in [0.25, 0.3) is 0 Å². The molecule has 0 bridgehead atoms. The molecule has 1 heterocycles. The Balaban J connectivity index is 1.74. The van der Waals surface area contributed by atoms with Crippen LogP contribution in [0.25, 0.3) is 0 Å². The molecule has 1 aliphatic rings. The highest BCUT2D eigenvalue weighted by Crippen LogP contribution is 2.19. The Labute approximate surface area is 138 Å². The van der Waals surface area contributed by atoms with Crippen molar-refractivity contribution < 1.29 is 14.3 Å². The van der Waals surface area contributed by atoms with E-state index in [1.54, 1.807) is 12.0 Å². The van der Waals surface area contributed by atoms with Crippen LogP contribution in [0.1, 0.15) is 24.8 Å². The van der Waals surface area contributed by atoms with Crippen LogP contribution in [0.15, 0.2) is 24.3 Å². The number of carbonyl (C=O) groups is 1. The van der Waals surface area contributed by atoms with E-state index in [1.807, 2.05) is 19.2 Å². The molecule has 1 amide bonds. The maximum absolute atomic E-state index is 12.4. The van der Waals surface area contributed by atoms with Gasteiger partial charge in [0.05, 0.1) is 13.2 Å². The van der Waals surface area contributed by atoms with E-state index in [1.165, 1.54) is 5.56 Å². The number of carbonyl (C=O) groups excluding carboxylic acids is 1. The average molecular weight is 320 g/mol. The number of nitrogens with two attached hydrogens (primary N) is 1. The van der Waals surface area contributed by atoms with E-state index in [4.69, 9.17) is 15.2 Å². The van der Waals surface area contributed by atoms with Crippen molar-refractivity contribution in [3.63, 3.8) is 0 Å². The van der Waals surface area contributed by atoms with Gasteiger partial charge in [0, 0.05) is 26.8 Å². The second-order valence-corrected chi connectivity index (χ2v) is 6.19. The molecule has 2 rings (SSSR count). The predicted molar refractivity (Wildman–Crippen MR) is 90.5 cm³/mol. The van der Waals surface area contributed by atoms with Crippen molar-refractivity contribution in [2.45, 2.75) is 31.7 Å². The summed E-state index contributed by atoms with van der Waals surface area (Å²) < 4.78 is 10.5. The summed E-state index contributed by atoms with van der Waals surface area (Å²) in [5.74, 6) is 1.16. The number of methoxy groups -OCH3 is 1. The summed E-state index contributed by atoms with van der Waals surface area (Å²) in [5.41, 5.74) is 7.40. The zero-order valence-electron chi connectivity index (χ0n) is 14.2. The largest absolute Gasteiger partial charge is 0.497 e. The lowest BCUT2D eigenvalue weighted by Crippen LogP contribution is -2.48. The van der Waals surface area contributed by atoms with Gasteiger partial charge >= 0.3 is 0 Å². The second-order valence-electron chi connectivity index (χ2n) is 6.19. The van der Waals surface area contributed by atoms with Gasteiger partial charge in [-0.1, -0.05) is 12.1 Å². The molecule has 0 saturated carbocycles. The standard InChI is InChI=1S/C18H28N2O3/c1-20(18(21)17(19)15-9-12-23-13-10-15)11-3-4-14-5-7-16(22-2)8-6-14/h5-8,15,17H,3-4,9-13,19H2,1-2H3. The SMILES string of the molecule is COc1ccc(CCCN(C)C(=O)C(N)C2CCOCC2)cc1. The number of aryl methyl sites for hydroxylation is 1. The third kappa shape index (κ3) is 5.22. The summed E-state index contributed by atoms with van der Waals surface area (Å²) in [4.78, 5) is 14.2. The van der Waals surface area contributed by atoms with Gasteiger partial charge in [0.2, 0.25) is 5.91 Å². The van der Waals surface area contributed by atoms with Crippen LogP contribution >= 0.6 is 0 Å². The Bertz CT molecular complexity index is 484. The zero-order valence-corrected chi connectivity index (χ0v) is 14.2. The molecule has 0 radical (unpaired) electrons. The second kappa shape index (κ2) is 8.89. The van der Waals surface area contributed by atoms with Crippen molar-refractivity contribution in [1.29, 1.82) is 0 Å². The normalized spacial score (nSPS) is 16.8. The molecule has 5 nitrogen and oxygen atoms in total. The Morgan fingerprint density at radius 2 is 2.00 bits per heavy atom. The van der Waals surface area contributed by atoms with Crippen LogP contribution in [0.4, 0.5) is 0 Å². The fourth-order valence-corrected chi connectivity index (χ4v) is 2.95. The summed E-state index contributed by atoms with van der Waals surface area (Å²) in [6.45, 7) is 2.15. The lowest BCUT2D eigenvalue weighted by atomic mass is 9.91. The number of benzene rings is 1. The van der Waals surface area contributed by atoms with Crippen LogP contribution in [0.5, 0.6) is 5.75 Å². The van der Waals surface area contributed by atoms with Crippen molar-refractivity contribution in [2.75, 3.05) is 33.9 Å². The molecule has 0 aromatic heterocycles. The molecular weight excluding hydrogens is 292 g/mol. The quantitative estimate of drug-likeness (QED) is 0.832. The smallest absolute Gasteiger partial charge is 0.239 e. The van der Waals surface area contributed by atoms with Crippen LogP contribution < -0.4 is 10.5 Å². The van der Waals surface area contributed by atoms with Gasteiger partial charge in [0.15, 0.2) is 0 Å². The number of nitrogens with zero attached hydrogens (tertiary/aromatic N) is 1. The lowest BCUT2D eigenvalue weighted by Gasteiger charge is -2.29. The van der Waals surface area contributed by atoms with Crippen molar-refractivity contribution in [3.05, 3.63) is 29.8 Å². The van der Waals surface area contributed by atoms with Crippen molar-refractivity contribution in [2.24, 2.45) is 11.7 Å². The molecule has 1 saturated heterocycles. The molecular formula is C18H28N2O3. The van der Waals surface area contributed by atoms with Gasteiger partial charge in [-0.15, -0.1) is 0 Å². The molecule has 5 heteroatoms. The Hall–Kier alpha value is -1.59. The van der Waals surface area contributed by atoms with Gasteiger partial charge in [0.1, 0.15) is 5.75 Å². The van der Waals surface area contributed by atoms with Crippen LogP contribution in [-0.4, -0.2) is 50.8 Å². The molecule has 1 fully saturated rings. The van der Waals surface area contributed by atoms with E-state index in [0.717, 1.165) is 38.0 Å². The maximum Gasteiger partial charge on any atom is 0.239 e. The van der Waals surface area contributed by atoms with E-state index in [-0.39, 0.29) is 11.8 Å². The van der Waals surface area contributed by atoms with Crippen molar-refractivity contribution >= 4 is 5.91 Å². The van der Waals surface area contributed by atoms with Gasteiger partial charge in [-0.25, -0.2) is 0 Å². The summed E-state index contributed by atoms with van der Waals surface area (Å²) in [6.07, 6.45) is 3.63. The van der Waals surface area contributed by atoms with Crippen LogP contribution in [0.3, 0.4) is 0 Å². The Kier molecular flexibility index (Phi) is 6.86. The van der Waals surface area contributed by atoms with E-state index in [2.05, 4.69) is 12.1 Å². The number of rotatable bonds is 7. The molecule has 23 heavy (non-hydrogen) atoms. The average Bonchev–Trinajstić information content (AvgIpc) is 2.61. The highest BCUT2D eigenvalue weighted by Gasteiger charge is 2.28. The molecule has 0 aliphatic carbocycles. The first-order chi connectivity index (χ1) is 11.1. The van der Waals surface area contributed by atoms with Gasteiger partial charge in [-0.3, -0.25) is 4.79 Å². The van der Waals surface area contributed by atoms with Crippen LogP contribution in [-0.2, 0) is 16.0 Å². The topological polar surface area (TPSA) is 64.8 Å². The van der Waals surface area contributed by atoms with Crippen molar-refractivity contribution in [1.82, 2.24) is 4.90 Å². The highest BCUT2D eigenvalue weighted by atomic mass is 16.5. The lowest BCUT2D eigenvalue weighted by molar-refractivity contribution is -0.133. The van der Waals surface area contributed by atoms with E-state index >= 15 is 0 Å². The Morgan fingerprint density at radius 1 is 1.35 bits per heavy atom. The third-order valence-electron chi connectivity index (χ3n) is 4.55. The molecule has 128 valence electrons. The van der Waals surface area contributed by atoms with E-state index in [9.17, 15) is 4.79 Å². The fourth-order valence-electron chi connectivity index (χ4n) is 2.95. The van der Waals surface area contributed by atoms with Crippen molar-refractivity contribution in [3.8, 4) is 5.75 Å². The number of hydrogen-bond donors (Lipinski definition) is 1. The minimum atomic E-state index is -0.398. The minimum Gasteiger partial charge on any atom is -0.497 e. The molecule has 1 aromatic carbocycles. The maximum atomic E-state index is 12.4. The first-order valence-electron chi connectivity index (χ1n) is 8.33.